The Bertz CT molecular complexity index is 1940. The van der Waals surface area contributed by atoms with Crippen LogP contribution in [0.25, 0.3) is 21.3 Å². The summed E-state index contributed by atoms with van der Waals surface area (Å²) in [5.41, 5.74) is 0.557. The van der Waals surface area contributed by atoms with E-state index in [-0.39, 0.29) is 29.9 Å². The molecular formula is C32H46N8O9S4. The molecule has 53 heavy (non-hydrogen) atoms. The van der Waals surface area contributed by atoms with E-state index in [1.165, 1.54) is 22.7 Å². The summed E-state index contributed by atoms with van der Waals surface area (Å²) < 4.78 is 53.3. The number of aldehydes is 1. The zero-order valence-electron chi connectivity index (χ0n) is 28.8. The van der Waals surface area contributed by atoms with Crippen molar-refractivity contribution in [3.63, 3.8) is 0 Å². The normalized spacial score (nSPS) is 14.8. The van der Waals surface area contributed by atoms with Gasteiger partial charge in [0, 0.05) is 59.2 Å². The topological polar surface area (TPSA) is 263 Å². The number of nitrogens with two attached hydrogens (primary N) is 2. The van der Waals surface area contributed by atoms with Crippen LogP contribution in [0.3, 0.4) is 0 Å². The lowest BCUT2D eigenvalue weighted by Crippen LogP contribution is -2.56. The number of hydrogen-bond acceptors (Lipinski definition) is 15. The quantitative estimate of drug-likeness (QED) is 0.0758. The molecule has 2 saturated heterocycles. The number of thiophene rings is 2. The van der Waals surface area contributed by atoms with Crippen LogP contribution >= 0.6 is 22.7 Å². The molecule has 0 bridgehead atoms. The van der Waals surface area contributed by atoms with E-state index in [0.29, 0.717) is 57.2 Å². The van der Waals surface area contributed by atoms with Crippen LogP contribution in [0.5, 0.6) is 0 Å². The van der Waals surface area contributed by atoms with Gasteiger partial charge in [-0.3, -0.25) is 9.59 Å². The second-order valence-corrected chi connectivity index (χ2v) is 17.8. The number of nitrogens with zero attached hydrogens (tertiary/aromatic N) is 3. The van der Waals surface area contributed by atoms with Crippen LogP contribution in [0.4, 0.5) is 0 Å². The van der Waals surface area contributed by atoms with Crippen molar-refractivity contribution in [1.82, 2.24) is 31.2 Å². The Morgan fingerprint density at radius 3 is 1.74 bits per heavy atom. The molecule has 0 atom stereocenters. The van der Waals surface area contributed by atoms with Gasteiger partial charge < -0.3 is 34.7 Å². The summed E-state index contributed by atoms with van der Waals surface area (Å²) in [5.74, 6) is 0.701. The number of likely N-dealkylation sites (tertiary alicyclic amines) is 1. The number of primary sulfonamides is 2. The summed E-state index contributed by atoms with van der Waals surface area (Å²) in [7, 11) is -6.62. The van der Waals surface area contributed by atoms with Crippen LogP contribution in [0, 0.1) is 0 Å². The summed E-state index contributed by atoms with van der Waals surface area (Å²) in [6.45, 7) is 4.03. The van der Waals surface area contributed by atoms with Gasteiger partial charge in [-0.1, -0.05) is 28.9 Å². The molecule has 7 N–H and O–H groups in total. The first-order chi connectivity index (χ1) is 25.3. The van der Waals surface area contributed by atoms with Gasteiger partial charge in [-0.15, -0.1) is 22.7 Å². The minimum Gasteiger partial charge on any atom is -0.355 e. The lowest BCUT2D eigenvalue weighted by Gasteiger charge is -2.37. The Morgan fingerprint density at radius 1 is 0.830 bits per heavy atom. The molecule has 6 rings (SSSR count). The molecular weight excluding hydrogens is 769 g/mol. The lowest BCUT2D eigenvalue weighted by atomic mass is 10.1. The molecule has 2 aliphatic heterocycles. The molecule has 0 aromatic carbocycles. The van der Waals surface area contributed by atoms with Crippen molar-refractivity contribution in [2.75, 3.05) is 45.8 Å². The number of carbonyl (C=O) groups excluding carboxylic acids is 3. The first-order valence-corrected chi connectivity index (χ1v) is 21.8. The van der Waals surface area contributed by atoms with Crippen LogP contribution in [0.15, 0.2) is 56.2 Å². The van der Waals surface area contributed by atoms with Gasteiger partial charge >= 0.3 is 0 Å². The number of aromatic nitrogens is 2. The third-order valence-corrected chi connectivity index (χ3v) is 12.3. The maximum Gasteiger partial charge on any atom is 0.273 e. The van der Waals surface area contributed by atoms with Crippen LogP contribution in [-0.2, 0) is 24.8 Å². The predicted molar refractivity (Wildman–Crippen MR) is 203 cm³/mol. The van der Waals surface area contributed by atoms with E-state index >= 15 is 0 Å². The zero-order valence-corrected chi connectivity index (χ0v) is 32.1. The van der Waals surface area contributed by atoms with Crippen molar-refractivity contribution in [2.24, 2.45) is 10.3 Å². The van der Waals surface area contributed by atoms with Crippen LogP contribution in [-0.4, -0.2) is 106 Å². The van der Waals surface area contributed by atoms with E-state index in [4.69, 9.17) is 19.3 Å². The number of amides is 2. The van der Waals surface area contributed by atoms with Crippen molar-refractivity contribution >= 4 is 60.8 Å². The first kappa shape index (κ1) is 41.9. The fraction of sp³-hybridized carbons (Fsp3) is 0.469. The molecule has 0 saturated carbocycles. The number of rotatable bonds is 17. The highest BCUT2D eigenvalue weighted by Gasteiger charge is 2.34. The van der Waals surface area contributed by atoms with Crippen LogP contribution < -0.4 is 26.2 Å². The predicted octanol–water partition coefficient (Wildman–Crippen LogP) is 2.27. The summed E-state index contributed by atoms with van der Waals surface area (Å²) >= 11 is 3.06. The maximum atomic E-state index is 12.0. The average Bonchev–Trinajstić information content (AvgIpc) is 3.88. The first-order valence-electron chi connectivity index (χ1n) is 16.8. The SMILES string of the molecule is NS(=O)(=O)C1CN(CCCCCNC(=O)c2cc(-c3cccs3)on2)C1.NS(=O)(=O)C1CNC1.O=CCCCCNC(=O)c1cc(-c2cccs2)on1.[2HH]. The molecule has 0 radical (unpaired) electrons. The van der Waals surface area contributed by atoms with Gasteiger partial charge in [0.05, 0.1) is 15.0 Å². The summed E-state index contributed by atoms with van der Waals surface area (Å²) in [6.07, 6.45) is 5.74. The average molecular weight is 816 g/mol. The number of carbonyl (C=O) groups is 3. The molecule has 292 valence electrons. The van der Waals surface area contributed by atoms with Crippen LogP contribution in [0.1, 0.15) is 60.9 Å². The van der Waals surface area contributed by atoms with E-state index in [1.54, 1.807) is 12.1 Å². The number of nitrogens with one attached hydrogen (secondary N) is 3. The smallest absolute Gasteiger partial charge is 0.273 e. The Labute approximate surface area is 317 Å². The fourth-order valence-corrected chi connectivity index (χ4v) is 7.70. The third-order valence-electron chi connectivity index (χ3n) is 8.08. The lowest BCUT2D eigenvalue weighted by molar-refractivity contribution is -0.107. The highest BCUT2D eigenvalue weighted by Crippen LogP contribution is 2.26. The fourth-order valence-electron chi connectivity index (χ4n) is 4.82. The monoisotopic (exact) mass is 815 g/mol. The molecule has 0 aliphatic carbocycles. The van der Waals surface area contributed by atoms with Crippen molar-refractivity contribution in [3.8, 4) is 21.3 Å². The Balaban J connectivity index is 0.000000244. The second-order valence-electron chi connectivity index (χ2n) is 12.2. The maximum absolute atomic E-state index is 12.0. The molecule has 17 nitrogen and oxygen atoms in total. The van der Waals surface area contributed by atoms with Gasteiger partial charge in [-0.2, -0.15) is 0 Å². The van der Waals surface area contributed by atoms with E-state index in [1.807, 2.05) is 35.0 Å². The Morgan fingerprint density at radius 2 is 1.34 bits per heavy atom. The minimum atomic E-state index is -3.39. The molecule has 0 spiro atoms. The highest BCUT2D eigenvalue weighted by molar-refractivity contribution is 7.90. The molecule has 2 amide bonds. The molecule has 4 aromatic heterocycles. The van der Waals surface area contributed by atoms with Gasteiger partial charge in [0.25, 0.3) is 11.8 Å². The van der Waals surface area contributed by atoms with E-state index in [0.717, 1.165) is 54.7 Å². The van der Waals surface area contributed by atoms with Gasteiger partial charge in [0.1, 0.15) is 11.5 Å². The molecule has 21 heteroatoms. The van der Waals surface area contributed by atoms with Crippen molar-refractivity contribution in [3.05, 3.63) is 58.5 Å². The highest BCUT2D eigenvalue weighted by atomic mass is 32.2. The van der Waals surface area contributed by atoms with Gasteiger partial charge in [-0.05, 0) is 55.1 Å². The van der Waals surface area contributed by atoms with E-state index in [2.05, 4.69) is 31.2 Å². The third kappa shape index (κ3) is 13.8. The number of sulfonamides is 2. The number of unbranched alkanes of at least 4 members (excludes halogenated alkanes) is 4. The summed E-state index contributed by atoms with van der Waals surface area (Å²) in [4.78, 5) is 37.9. The largest absolute Gasteiger partial charge is 0.355 e. The molecule has 2 aliphatic rings. The standard InChI is InChI=1S/C16H22N4O4S2.C13H14N2O3S.C3H8N2O2S.H2/c17-26(22,23)12-10-20(11-12)7-3-1-2-6-18-16(21)13-9-14(24-19-13)15-5-4-8-25-15;16-7-3-1-2-6-14-13(17)10-9-11(18-15-10)12-5-4-8-19-12;4-8(6,7)3-1-5-2-3;/h4-5,8-9,12H,1-3,6-7,10-11H2,(H,18,21)(H2,17,22,23);4-5,7-9H,1-3,6H2,(H,14,17);3,5H,1-2H2,(H2,4,6,7);1H/i;;;1+1. The van der Waals surface area contributed by atoms with Crippen molar-refractivity contribution in [2.45, 2.75) is 49.0 Å². The zero-order chi connectivity index (χ0) is 38.3. The van der Waals surface area contributed by atoms with Gasteiger partial charge in [0.15, 0.2) is 22.9 Å². The molecule has 0 unspecified atom stereocenters. The Hall–Kier alpha value is -3.83. The number of hydrogen-bond donors (Lipinski definition) is 5. The van der Waals surface area contributed by atoms with E-state index in [9.17, 15) is 31.2 Å². The second kappa shape index (κ2) is 20.6. The van der Waals surface area contributed by atoms with E-state index < -0.39 is 25.3 Å². The van der Waals surface area contributed by atoms with Gasteiger partial charge in [-0.25, -0.2) is 27.1 Å². The molecule has 6 heterocycles. The van der Waals surface area contributed by atoms with Crippen LogP contribution in [0.2, 0.25) is 0 Å². The summed E-state index contributed by atoms with van der Waals surface area (Å²) in [5, 5.41) is 28.9. The van der Waals surface area contributed by atoms with Crippen molar-refractivity contribution in [1.29, 1.82) is 0 Å². The minimum absolute atomic E-state index is 0. The molecule has 4 aromatic rings. The van der Waals surface area contributed by atoms with Gasteiger partial charge in [0.2, 0.25) is 20.0 Å². The molecule has 2 fully saturated rings. The summed E-state index contributed by atoms with van der Waals surface area (Å²) in [6, 6.07) is 10.9. The van der Waals surface area contributed by atoms with Crippen molar-refractivity contribution < 1.29 is 41.7 Å². The Kier molecular flexibility index (Phi) is 16.3.